The Morgan fingerprint density at radius 2 is 1.71 bits per heavy atom. The van der Waals surface area contributed by atoms with Crippen molar-refractivity contribution in [2.24, 2.45) is 11.8 Å². The van der Waals surface area contributed by atoms with E-state index in [1.807, 2.05) is 0 Å². The largest absolute Gasteiger partial charge is 0.490 e. The summed E-state index contributed by atoms with van der Waals surface area (Å²) >= 11 is 0. The van der Waals surface area contributed by atoms with E-state index in [4.69, 9.17) is 9.47 Å². The summed E-state index contributed by atoms with van der Waals surface area (Å²) in [7, 11) is 0. The molecule has 170 valence electrons. The number of aliphatic hydroxyl groups excluding tert-OH is 1. The first-order valence-electron chi connectivity index (χ1n) is 12.0. The zero-order valence-corrected chi connectivity index (χ0v) is 18.8. The third-order valence-corrected chi connectivity index (χ3v) is 6.77. The Kier molecular flexibility index (Phi) is 9.67. The highest BCUT2D eigenvalue weighted by molar-refractivity contribution is 5.81. The van der Waals surface area contributed by atoms with Gasteiger partial charge in [0.25, 0.3) is 0 Å². The van der Waals surface area contributed by atoms with Crippen molar-refractivity contribution < 1.29 is 19.4 Å². The summed E-state index contributed by atoms with van der Waals surface area (Å²) in [5, 5.41) is 9.37. The molecule has 2 aliphatic rings. The van der Waals surface area contributed by atoms with Crippen LogP contribution in [0.2, 0.25) is 0 Å². The van der Waals surface area contributed by atoms with Gasteiger partial charge in [-0.25, -0.2) is 4.79 Å². The molecular formula is C27H38O4. The number of allylic oxidation sites excluding steroid dienone is 2. The highest BCUT2D eigenvalue weighted by Crippen LogP contribution is 2.38. The third kappa shape index (κ3) is 7.53. The number of hydrogen-bond acceptors (Lipinski definition) is 4. The molecule has 0 spiro atoms. The Balaban J connectivity index is 1.53. The minimum atomic E-state index is -0.442. The Morgan fingerprint density at radius 1 is 1.00 bits per heavy atom. The summed E-state index contributed by atoms with van der Waals surface area (Å²) in [4.78, 5) is 11.2. The van der Waals surface area contributed by atoms with Crippen LogP contribution in [0.3, 0.4) is 0 Å². The molecule has 2 aliphatic carbocycles. The van der Waals surface area contributed by atoms with Gasteiger partial charge < -0.3 is 14.6 Å². The second-order valence-corrected chi connectivity index (χ2v) is 8.96. The van der Waals surface area contributed by atoms with Gasteiger partial charge in [-0.2, -0.15) is 0 Å². The van der Waals surface area contributed by atoms with Crippen molar-refractivity contribution in [1.29, 1.82) is 0 Å². The number of aliphatic hydroxyl groups is 1. The fraction of sp³-hybridized carbons (Fsp3) is 0.593. The summed E-state index contributed by atoms with van der Waals surface area (Å²) in [6, 6.07) is 6.40. The first-order valence-corrected chi connectivity index (χ1v) is 12.0. The number of carbonyl (C=O) groups excluding carboxylic acids is 1. The molecule has 0 amide bonds. The average molecular weight is 427 g/mol. The van der Waals surface area contributed by atoms with E-state index < -0.39 is 5.97 Å². The number of hydrogen-bond donors (Lipinski definition) is 1. The van der Waals surface area contributed by atoms with Crippen molar-refractivity contribution in [1.82, 2.24) is 0 Å². The van der Waals surface area contributed by atoms with E-state index in [0.29, 0.717) is 18.9 Å². The van der Waals surface area contributed by atoms with E-state index in [9.17, 15) is 9.90 Å². The molecule has 1 aromatic rings. The maximum atomic E-state index is 11.2. The van der Waals surface area contributed by atoms with Gasteiger partial charge in [-0.05, 0) is 79.9 Å². The predicted octanol–water partition coefficient (Wildman–Crippen LogP) is 5.74. The standard InChI is InChI=1S/C27H38O4/c1-2-27(29)31-19-18-30-26-20-25(15-14-24(26)16-17-28)23-12-10-22(11-13-23)9-8-21-6-4-3-5-7-21/h2,8-9,14-15,20-23,28H,1,3-7,10-13,16-19H2/b9-8+. The topological polar surface area (TPSA) is 55.8 Å². The van der Waals surface area contributed by atoms with E-state index in [1.54, 1.807) is 0 Å². The lowest BCUT2D eigenvalue weighted by molar-refractivity contribution is -0.138. The lowest BCUT2D eigenvalue weighted by Crippen LogP contribution is -2.14. The molecule has 4 heteroatoms. The Bertz CT molecular complexity index is 725. The van der Waals surface area contributed by atoms with Gasteiger partial charge in [0, 0.05) is 12.7 Å². The minimum absolute atomic E-state index is 0.0829. The van der Waals surface area contributed by atoms with Crippen LogP contribution in [-0.4, -0.2) is 30.9 Å². The van der Waals surface area contributed by atoms with Gasteiger partial charge in [0.05, 0.1) is 0 Å². The van der Waals surface area contributed by atoms with Gasteiger partial charge in [-0.3, -0.25) is 0 Å². The second-order valence-electron chi connectivity index (χ2n) is 8.96. The van der Waals surface area contributed by atoms with Crippen molar-refractivity contribution in [2.45, 2.75) is 70.1 Å². The third-order valence-electron chi connectivity index (χ3n) is 6.77. The minimum Gasteiger partial charge on any atom is -0.490 e. The van der Waals surface area contributed by atoms with Crippen LogP contribution >= 0.6 is 0 Å². The van der Waals surface area contributed by atoms with Crippen LogP contribution in [0.5, 0.6) is 5.75 Å². The smallest absolute Gasteiger partial charge is 0.330 e. The summed E-state index contributed by atoms with van der Waals surface area (Å²) in [5.41, 5.74) is 2.31. The van der Waals surface area contributed by atoms with Crippen LogP contribution in [0.4, 0.5) is 0 Å². The highest BCUT2D eigenvalue weighted by atomic mass is 16.6. The van der Waals surface area contributed by atoms with Crippen molar-refractivity contribution in [3.8, 4) is 5.75 Å². The van der Waals surface area contributed by atoms with Crippen molar-refractivity contribution in [2.75, 3.05) is 19.8 Å². The summed E-state index contributed by atoms with van der Waals surface area (Å²) in [6.45, 7) is 3.95. The van der Waals surface area contributed by atoms with E-state index in [-0.39, 0.29) is 13.2 Å². The van der Waals surface area contributed by atoms with Crippen LogP contribution in [0.1, 0.15) is 74.8 Å². The molecule has 0 radical (unpaired) electrons. The lowest BCUT2D eigenvalue weighted by atomic mass is 9.77. The van der Waals surface area contributed by atoms with Crippen LogP contribution in [0.15, 0.2) is 43.0 Å². The number of carbonyl (C=O) groups is 1. The zero-order valence-electron chi connectivity index (χ0n) is 18.8. The molecular weight excluding hydrogens is 388 g/mol. The van der Waals surface area contributed by atoms with Gasteiger partial charge in [0.2, 0.25) is 0 Å². The first kappa shape index (κ1) is 23.6. The van der Waals surface area contributed by atoms with E-state index in [2.05, 4.69) is 36.9 Å². The molecule has 0 aromatic heterocycles. The van der Waals surface area contributed by atoms with Gasteiger partial charge in [0.15, 0.2) is 0 Å². The maximum absolute atomic E-state index is 11.2. The molecule has 4 nitrogen and oxygen atoms in total. The number of rotatable bonds is 10. The molecule has 1 N–H and O–H groups in total. The second kappa shape index (κ2) is 12.7. The molecule has 3 rings (SSSR count). The lowest BCUT2D eigenvalue weighted by Gasteiger charge is -2.28. The van der Waals surface area contributed by atoms with Gasteiger partial charge in [-0.15, -0.1) is 0 Å². The molecule has 0 bridgehead atoms. The number of ether oxygens (including phenoxy) is 2. The van der Waals surface area contributed by atoms with Gasteiger partial charge >= 0.3 is 5.97 Å². The fourth-order valence-electron chi connectivity index (χ4n) is 4.93. The van der Waals surface area contributed by atoms with Crippen LogP contribution < -0.4 is 4.74 Å². The molecule has 0 aliphatic heterocycles. The molecule has 0 unspecified atom stereocenters. The first-order chi connectivity index (χ1) is 15.2. The molecule has 2 saturated carbocycles. The van der Waals surface area contributed by atoms with Crippen molar-refractivity contribution in [3.05, 3.63) is 54.1 Å². The van der Waals surface area contributed by atoms with Crippen molar-refractivity contribution >= 4 is 5.97 Å². The fourth-order valence-corrected chi connectivity index (χ4v) is 4.93. The number of benzene rings is 1. The molecule has 1 aromatic carbocycles. The zero-order chi connectivity index (χ0) is 21.9. The van der Waals surface area contributed by atoms with Gasteiger partial charge in [0.1, 0.15) is 19.0 Å². The van der Waals surface area contributed by atoms with E-state index in [1.165, 1.54) is 63.4 Å². The Hall–Kier alpha value is -2.07. The van der Waals surface area contributed by atoms with Gasteiger partial charge in [-0.1, -0.05) is 50.1 Å². The molecule has 0 heterocycles. The van der Waals surface area contributed by atoms with E-state index in [0.717, 1.165) is 29.2 Å². The Morgan fingerprint density at radius 3 is 2.39 bits per heavy atom. The maximum Gasteiger partial charge on any atom is 0.330 e. The van der Waals surface area contributed by atoms with Crippen molar-refractivity contribution in [3.63, 3.8) is 0 Å². The predicted molar refractivity (Wildman–Crippen MR) is 124 cm³/mol. The van der Waals surface area contributed by atoms with Crippen LogP contribution in [-0.2, 0) is 16.0 Å². The van der Waals surface area contributed by atoms with Crippen LogP contribution in [0, 0.1) is 11.8 Å². The molecule has 0 saturated heterocycles. The van der Waals surface area contributed by atoms with Crippen LogP contribution in [0.25, 0.3) is 0 Å². The summed E-state index contributed by atoms with van der Waals surface area (Å²) in [5.74, 6) is 2.45. The molecule has 0 atom stereocenters. The Labute approximate surface area is 187 Å². The number of esters is 1. The average Bonchev–Trinajstić information content (AvgIpc) is 2.82. The normalized spacial score (nSPS) is 22.4. The molecule has 31 heavy (non-hydrogen) atoms. The summed E-state index contributed by atoms with van der Waals surface area (Å²) in [6.07, 6.45) is 18.6. The quantitative estimate of drug-likeness (QED) is 0.224. The monoisotopic (exact) mass is 426 g/mol. The highest BCUT2D eigenvalue weighted by Gasteiger charge is 2.22. The summed E-state index contributed by atoms with van der Waals surface area (Å²) < 4.78 is 10.9. The van der Waals surface area contributed by atoms with E-state index >= 15 is 0 Å². The molecule has 2 fully saturated rings. The SMILES string of the molecule is C=CC(=O)OCCOc1cc(C2CCC(/C=C/C3CCCCC3)CC2)ccc1CCO.